The lowest BCUT2D eigenvalue weighted by Crippen LogP contribution is -2.65. The summed E-state index contributed by atoms with van der Waals surface area (Å²) in [6.45, 7) is 6.19. The molecule has 1 aliphatic rings. The third-order valence-electron chi connectivity index (χ3n) is 6.74. The molecule has 8 heteroatoms. The highest BCUT2D eigenvalue weighted by molar-refractivity contribution is 5.72. The Balaban J connectivity index is 1.68. The molecule has 1 aliphatic heterocycles. The summed E-state index contributed by atoms with van der Waals surface area (Å²) in [5.41, 5.74) is 2.07. The van der Waals surface area contributed by atoms with Crippen LogP contribution in [-0.2, 0) is 43.6 Å². The molecule has 1 heterocycles. The summed E-state index contributed by atoms with van der Waals surface area (Å²) in [6, 6.07) is 28.2. The van der Waals surface area contributed by atoms with E-state index < -0.39 is 42.0 Å². The number of likely N-dealkylation sites (tertiary alicyclic amines) is 1. The van der Waals surface area contributed by atoms with E-state index in [1.165, 1.54) is 4.90 Å². The number of piperidine rings is 1. The molecule has 1 saturated heterocycles. The minimum Gasteiger partial charge on any atom is -0.481 e. The Bertz CT molecular complexity index is 1230. The van der Waals surface area contributed by atoms with E-state index in [-0.39, 0.29) is 32.8 Å². The van der Waals surface area contributed by atoms with Crippen LogP contribution in [0.25, 0.3) is 0 Å². The number of hydrogen-bond donors (Lipinski definition) is 1. The molecule has 8 nitrogen and oxygen atoms in total. The van der Waals surface area contributed by atoms with Crippen LogP contribution in [0.2, 0.25) is 0 Å². The minimum absolute atomic E-state index is 0.0876. The van der Waals surface area contributed by atoms with Gasteiger partial charge < -0.3 is 24.1 Å². The maximum atomic E-state index is 13.5. The average Bonchev–Trinajstić information content (AvgIpc) is 2.95. The molecule has 4 rings (SSSR count). The van der Waals surface area contributed by atoms with Crippen molar-refractivity contribution in [1.82, 2.24) is 4.90 Å². The Morgan fingerprint density at radius 3 is 1.61 bits per heavy atom. The number of ether oxygens (including phenoxy) is 4. The molecule has 3 aromatic rings. The van der Waals surface area contributed by atoms with Crippen LogP contribution in [-0.4, -0.2) is 58.6 Å². The Kier molecular flexibility index (Phi) is 10.5. The molecule has 1 N–H and O–H groups in total. The largest absolute Gasteiger partial charge is 0.481 e. The molecular formula is C33H39NO7. The van der Waals surface area contributed by atoms with E-state index >= 15 is 0 Å². The van der Waals surface area contributed by atoms with Crippen LogP contribution in [0.5, 0.6) is 0 Å². The van der Waals surface area contributed by atoms with Gasteiger partial charge in [0.05, 0.1) is 38.8 Å². The van der Waals surface area contributed by atoms with Crippen molar-refractivity contribution in [3.63, 3.8) is 0 Å². The molecule has 41 heavy (non-hydrogen) atoms. The molecule has 0 spiro atoms. The number of benzene rings is 3. The van der Waals surface area contributed by atoms with Crippen LogP contribution < -0.4 is 0 Å². The van der Waals surface area contributed by atoms with Crippen LogP contribution in [0.4, 0.5) is 4.79 Å². The highest BCUT2D eigenvalue weighted by Crippen LogP contribution is 2.31. The lowest BCUT2D eigenvalue weighted by Gasteiger charge is -2.48. The van der Waals surface area contributed by atoms with Gasteiger partial charge in [-0.1, -0.05) is 91.0 Å². The Labute approximate surface area is 241 Å². The van der Waals surface area contributed by atoms with Gasteiger partial charge in [-0.2, -0.15) is 0 Å². The molecule has 0 saturated carbocycles. The van der Waals surface area contributed by atoms with Gasteiger partial charge >= 0.3 is 12.1 Å². The first-order chi connectivity index (χ1) is 19.7. The van der Waals surface area contributed by atoms with E-state index in [1.807, 2.05) is 91.0 Å². The third-order valence-corrected chi connectivity index (χ3v) is 6.74. The summed E-state index contributed by atoms with van der Waals surface area (Å²) in [7, 11) is 0. The van der Waals surface area contributed by atoms with Crippen molar-refractivity contribution in [3.05, 3.63) is 108 Å². The van der Waals surface area contributed by atoms with E-state index in [0.29, 0.717) is 0 Å². The van der Waals surface area contributed by atoms with Crippen molar-refractivity contribution in [2.75, 3.05) is 6.54 Å². The van der Waals surface area contributed by atoms with Crippen molar-refractivity contribution >= 4 is 12.1 Å². The molecule has 1 amide bonds. The number of carboxylic acids is 1. The SMILES string of the molecule is CC(C)(C)OC(=O)N1C[C@H](OCc2ccccc2)[C@@H](OCc2ccccc2)[C@@H](OCc2ccccc2)[C@H]1CC(=O)O. The molecule has 0 unspecified atom stereocenters. The molecule has 1 fully saturated rings. The first-order valence-corrected chi connectivity index (χ1v) is 13.9. The van der Waals surface area contributed by atoms with Gasteiger partial charge in [0.25, 0.3) is 0 Å². The molecule has 0 radical (unpaired) electrons. The first kappa shape index (κ1) is 30.2. The van der Waals surface area contributed by atoms with Crippen LogP contribution in [0.3, 0.4) is 0 Å². The fourth-order valence-electron chi connectivity index (χ4n) is 4.84. The zero-order chi connectivity index (χ0) is 29.2. The molecule has 0 aliphatic carbocycles. The third kappa shape index (κ3) is 9.14. The highest BCUT2D eigenvalue weighted by Gasteiger charge is 2.49. The summed E-state index contributed by atoms with van der Waals surface area (Å²) in [5.74, 6) is -1.05. The van der Waals surface area contributed by atoms with Crippen LogP contribution in [0.1, 0.15) is 43.9 Å². The van der Waals surface area contributed by atoms with Gasteiger partial charge in [-0.05, 0) is 37.5 Å². The number of amides is 1. The second-order valence-corrected chi connectivity index (χ2v) is 11.2. The summed E-state index contributed by atoms with van der Waals surface area (Å²) >= 11 is 0. The Morgan fingerprint density at radius 1 is 0.732 bits per heavy atom. The van der Waals surface area contributed by atoms with Crippen molar-refractivity contribution in [2.45, 2.75) is 77.0 Å². The minimum atomic E-state index is -1.05. The molecule has 0 bridgehead atoms. The van der Waals surface area contributed by atoms with Crippen molar-refractivity contribution < 1.29 is 33.6 Å². The number of carboxylic acid groups (broad SMARTS) is 1. The summed E-state index contributed by atoms with van der Waals surface area (Å²) in [4.78, 5) is 27.0. The lowest BCUT2D eigenvalue weighted by atomic mass is 9.91. The van der Waals surface area contributed by atoms with Crippen molar-refractivity contribution in [1.29, 1.82) is 0 Å². The summed E-state index contributed by atoms with van der Waals surface area (Å²) in [6.07, 6.45) is -3.04. The van der Waals surface area contributed by atoms with Gasteiger partial charge in [0.2, 0.25) is 0 Å². The summed E-state index contributed by atoms with van der Waals surface area (Å²) < 4.78 is 25.1. The van der Waals surface area contributed by atoms with Gasteiger partial charge in [-0.25, -0.2) is 4.79 Å². The number of carbonyl (C=O) groups excluding carboxylic acids is 1. The van der Waals surface area contributed by atoms with E-state index in [0.717, 1.165) is 16.7 Å². The van der Waals surface area contributed by atoms with E-state index in [1.54, 1.807) is 20.8 Å². The lowest BCUT2D eigenvalue weighted by molar-refractivity contribution is -0.201. The van der Waals surface area contributed by atoms with Crippen LogP contribution in [0.15, 0.2) is 91.0 Å². The molecule has 3 aromatic carbocycles. The second kappa shape index (κ2) is 14.3. The van der Waals surface area contributed by atoms with E-state index in [4.69, 9.17) is 18.9 Å². The number of carbonyl (C=O) groups is 2. The smallest absolute Gasteiger partial charge is 0.410 e. The molecule has 218 valence electrons. The topological polar surface area (TPSA) is 94.5 Å². The van der Waals surface area contributed by atoms with Gasteiger partial charge in [0.15, 0.2) is 0 Å². The Hall–Kier alpha value is -3.72. The highest BCUT2D eigenvalue weighted by atomic mass is 16.6. The van der Waals surface area contributed by atoms with Crippen molar-refractivity contribution in [2.24, 2.45) is 0 Å². The van der Waals surface area contributed by atoms with Crippen molar-refractivity contribution in [3.8, 4) is 0 Å². The van der Waals surface area contributed by atoms with Gasteiger partial charge in [0, 0.05) is 0 Å². The first-order valence-electron chi connectivity index (χ1n) is 13.9. The predicted octanol–water partition coefficient (Wildman–Crippen LogP) is 5.84. The number of hydrogen-bond acceptors (Lipinski definition) is 6. The standard InChI is InChI=1S/C33H39NO7/c1-33(2,3)41-32(37)34-20-28(38-21-24-13-7-4-8-14-24)31(40-23-26-17-11-6-12-18-26)30(27(34)19-29(35)36)39-22-25-15-9-5-10-16-25/h4-18,27-28,30-31H,19-23H2,1-3H3,(H,35,36)/t27-,28+,30+,31-/m1/s1. The van der Waals surface area contributed by atoms with Gasteiger partial charge in [-0.15, -0.1) is 0 Å². The maximum Gasteiger partial charge on any atom is 0.410 e. The quantitative estimate of drug-likeness (QED) is 0.314. The zero-order valence-electron chi connectivity index (χ0n) is 23.8. The summed E-state index contributed by atoms with van der Waals surface area (Å²) in [5, 5.41) is 9.91. The number of rotatable bonds is 11. The molecule has 4 atom stereocenters. The van der Waals surface area contributed by atoms with Crippen LogP contribution >= 0.6 is 0 Å². The molecular weight excluding hydrogens is 522 g/mol. The van der Waals surface area contributed by atoms with E-state index in [9.17, 15) is 14.7 Å². The van der Waals surface area contributed by atoms with Gasteiger partial charge in [-0.3, -0.25) is 9.69 Å². The maximum absolute atomic E-state index is 13.5. The molecule has 0 aromatic heterocycles. The zero-order valence-corrected chi connectivity index (χ0v) is 23.8. The second-order valence-electron chi connectivity index (χ2n) is 11.2. The number of aliphatic carboxylic acids is 1. The number of nitrogens with zero attached hydrogens (tertiary/aromatic N) is 1. The van der Waals surface area contributed by atoms with Crippen LogP contribution in [0, 0.1) is 0 Å². The fourth-order valence-corrected chi connectivity index (χ4v) is 4.84. The predicted molar refractivity (Wildman–Crippen MR) is 154 cm³/mol. The monoisotopic (exact) mass is 561 g/mol. The fraction of sp³-hybridized carbons (Fsp3) is 0.394. The van der Waals surface area contributed by atoms with Gasteiger partial charge in [0.1, 0.15) is 23.9 Å². The Morgan fingerprint density at radius 2 is 1.17 bits per heavy atom. The van der Waals surface area contributed by atoms with E-state index in [2.05, 4.69) is 0 Å². The average molecular weight is 562 g/mol. The normalized spacial score (nSPS) is 20.9.